The van der Waals surface area contributed by atoms with Gasteiger partial charge in [-0.15, -0.1) is 0 Å². The van der Waals surface area contributed by atoms with E-state index < -0.39 is 0 Å². The monoisotopic (exact) mass is 321 g/mol. The van der Waals surface area contributed by atoms with E-state index in [-0.39, 0.29) is 0 Å². The number of nitrogens with zero attached hydrogens (tertiary/aromatic N) is 2. The smallest absolute Gasteiger partial charge is 0.117 e. The van der Waals surface area contributed by atoms with E-state index in [1.165, 1.54) is 17.5 Å². The molecule has 0 radical (unpaired) electrons. The minimum atomic E-state index is 0.647. The summed E-state index contributed by atoms with van der Waals surface area (Å²) >= 11 is 0. The molecular formula is C20H23N3O. The molecule has 0 spiro atoms. The summed E-state index contributed by atoms with van der Waals surface area (Å²) in [4.78, 5) is 0. The summed E-state index contributed by atoms with van der Waals surface area (Å²) in [7, 11) is 0. The highest BCUT2D eigenvalue weighted by atomic mass is 16.3. The van der Waals surface area contributed by atoms with E-state index in [2.05, 4.69) is 53.7 Å². The third-order valence-electron chi connectivity index (χ3n) is 4.78. The lowest BCUT2D eigenvalue weighted by Crippen LogP contribution is -2.14. The number of furan rings is 1. The molecule has 1 aliphatic carbocycles. The van der Waals surface area contributed by atoms with E-state index in [0.717, 1.165) is 37.1 Å². The first-order valence-corrected chi connectivity index (χ1v) is 8.63. The van der Waals surface area contributed by atoms with Gasteiger partial charge in [-0.2, -0.15) is 5.10 Å². The second-order valence-corrected chi connectivity index (χ2v) is 6.70. The summed E-state index contributed by atoms with van der Waals surface area (Å²) in [5.74, 6) is 3.60. The number of benzene rings is 1. The number of hydrogen-bond donors (Lipinski definition) is 1. The van der Waals surface area contributed by atoms with Gasteiger partial charge in [0.2, 0.25) is 0 Å². The highest BCUT2D eigenvalue weighted by Gasteiger charge is 2.36. The minimum absolute atomic E-state index is 0.647. The molecule has 1 saturated carbocycles. The number of rotatable bonds is 7. The first kappa shape index (κ1) is 15.2. The number of hydrogen-bond acceptors (Lipinski definition) is 3. The molecule has 1 fully saturated rings. The first-order chi connectivity index (χ1) is 11.8. The molecule has 0 aliphatic heterocycles. The lowest BCUT2D eigenvalue weighted by atomic mass is 10.1. The van der Waals surface area contributed by atoms with Gasteiger partial charge >= 0.3 is 0 Å². The normalized spacial score (nSPS) is 19.5. The lowest BCUT2D eigenvalue weighted by molar-refractivity contribution is 0.444. The fourth-order valence-electron chi connectivity index (χ4n) is 3.18. The molecule has 0 saturated heterocycles. The van der Waals surface area contributed by atoms with Crippen LogP contribution in [-0.2, 0) is 19.6 Å². The maximum Gasteiger partial charge on any atom is 0.117 e. The zero-order chi connectivity index (χ0) is 16.4. The average molecular weight is 321 g/mol. The van der Waals surface area contributed by atoms with Gasteiger partial charge in [0.15, 0.2) is 0 Å². The van der Waals surface area contributed by atoms with E-state index in [4.69, 9.17) is 4.42 Å². The molecule has 3 aromatic rings. The molecule has 24 heavy (non-hydrogen) atoms. The maximum absolute atomic E-state index is 5.95. The van der Waals surface area contributed by atoms with Crippen LogP contribution >= 0.6 is 0 Å². The highest BCUT2D eigenvalue weighted by Crippen LogP contribution is 2.47. The molecule has 0 amide bonds. The van der Waals surface area contributed by atoms with Crippen molar-refractivity contribution in [1.82, 2.24) is 15.1 Å². The van der Waals surface area contributed by atoms with Crippen molar-refractivity contribution in [2.24, 2.45) is 5.92 Å². The Bertz CT molecular complexity index is 791. The second kappa shape index (κ2) is 6.65. The van der Waals surface area contributed by atoms with Gasteiger partial charge in [-0.05, 0) is 41.7 Å². The molecule has 0 bridgehead atoms. The highest BCUT2D eigenvalue weighted by molar-refractivity contribution is 5.27. The van der Waals surface area contributed by atoms with Crippen molar-refractivity contribution in [3.63, 3.8) is 0 Å². The quantitative estimate of drug-likeness (QED) is 0.717. The Hall–Kier alpha value is -2.33. The molecule has 124 valence electrons. The van der Waals surface area contributed by atoms with Crippen molar-refractivity contribution < 1.29 is 4.42 Å². The lowest BCUT2D eigenvalue weighted by Gasteiger charge is -2.10. The van der Waals surface area contributed by atoms with Crippen molar-refractivity contribution in [2.75, 3.05) is 0 Å². The van der Waals surface area contributed by atoms with E-state index in [9.17, 15) is 0 Å². The predicted molar refractivity (Wildman–Crippen MR) is 93.5 cm³/mol. The predicted octanol–water partition coefficient (Wildman–Crippen LogP) is 3.94. The molecule has 2 heterocycles. The van der Waals surface area contributed by atoms with E-state index in [1.807, 2.05) is 23.1 Å². The van der Waals surface area contributed by atoms with Crippen LogP contribution in [0.25, 0.3) is 0 Å². The molecule has 1 N–H and O–H groups in total. The summed E-state index contributed by atoms with van der Waals surface area (Å²) in [6.07, 6.45) is 5.07. The average Bonchev–Trinajstić information content (AvgIpc) is 3.00. The Morgan fingerprint density at radius 2 is 1.96 bits per heavy atom. The van der Waals surface area contributed by atoms with Gasteiger partial charge < -0.3 is 9.73 Å². The van der Waals surface area contributed by atoms with E-state index in [0.29, 0.717) is 5.92 Å². The summed E-state index contributed by atoms with van der Waals surface area (Å²) in [6, 6.07) is 14.7. The van der Waals surface area contributed by atoms with Crippen LogP contribution in [0.1, 0.15) is 41.9 Å². The Balaban J connectivity index is 1.35. The standard InChI is InChI=1S/C20H23N3O/c1-15-11-19(15)20-8-7-18(24-20)13-21-12-16-5-2-3-6-17(16)14-23-10-4-9-22-23/h2-10,15,19,21H,11-14H2,1H3. The Morgan fingerprint density at radius 3 is 2.71 bits per heavy atom. The van der Waals surface area contributed by atoms with Crippen LogP contribution in [-0.4, -0.2) is 9.78 Å². The van der Waals surface area contributed by atoms with Crippen LogP contribution < -0.4 is 5.32 Å². The van der Waals surface area contributed by atoms with Crippen molar-refractivity contribution >= 4 is 0 Å². The Labute approximate surface area is 142 Å². The second-order valence-electron chi connectivity index (χ2n) is 6.70. The van der Waals surface area contributed by atoms with E-state index >= 15 is 0 Å². The molecule has 2 aromatic heterocycles. The maximum atomic E-state index is 5.95. The molecular weight excluding hydrogens is 298 g/mol. The van der Waals surface area contributed by atoms with Crippen molar-refractivity contribution in [2.45, 2.75) is 38.9 Å². The largest absolute Gasteiger partial charge is 0.464 e. The summed E-state index contributed by atoms with van der Waals surface area (Å²) in [5.41, 5.74) is 2.59. The SMILES string of the molecule is CC1CC1c1ccc(CNCc2ccccc2Cn2cccn2)o1. The van der Waals surface area contributed by atoms with Crippen molar-refractivity contribution in [3.05, 3.63) is 77.5 Å². The van der Waals surface area contributed by atoms with Crippen LogP contribution in [0.5, 0.6) is 0 Å². The molecule has 4 nitrogen and oxygen atoms in total. The van der Waals surface area contributed by atoms with Gasteiger partial charge in [-0.25, -0.2) is 0 Å². The van der Waals surface area contributed by atoms with Gasteiger partial charge in [-0.3, -0.25) is 4.68 Å². The topological polar surface area (TPSA) is 43.0 Å². The van der Waals surface area contributed by atoms with Crippen LogP contribution in [0.3, 0.4) is 0 Å². The van der Waals surface area contributed by atoms with Crippen LogP contribution in [0.2, 0.25) is 0 Å². The summed E-state index contributed by atoms with van der Waals surface area (Å²) < 4.78 is 7.91. The van der Waals surface area contributed by atoms with Gasteiger partial charge in [0.05, 0.1) is 13.1 Å². The van der Waals surface area contributed by atoms with E-state index in [1.54, 1.807) is 0 Å². The summed E-state index contributed by atoms with van der Waals surface area (Å²) in [5, 5.41) is 7.79. The number of aromatic nitrogens is 2. The van der Waals surface area contributed by atoms with Crippen LogP contribution in [0, 0.1) is 5.92 Å². The van der Waals surface area contributed by atoms with Crippen LogP contribution in [0.15, 0.2) is 59.3 Å². The van der Waals surface area contributed by atoms with Gasteiger partial charge in [0, 0.05) is 24.9 Å². The van der Waals surface area contributed by atoms with Crippen molar-refractivity contribution in [3.8, 4) is 0 Å². The zero-order valence-corrected chi connectivity index (χ0v) is 14.0. The third kappa shape index (κ3) is 3.44. The molecule has 4 rings (SSSR count). The van der Waals surface area contributed by atoms with Gasteiger partial charge in [-0.1, -0.05) is 31.2 Å². The van der Waals surface area contributed by atoms with Gasteiger partial charge in [0.25, 0.3) is 0 Å². The fraction of sp³-hybridized carbons (Fsp3) is 0.350. The molecule has 2 atom stereocenters. The molecule has 2 unspecified atom stereocenters. The van der Waals surface area contributed by atoms with Crippen LogP contribution in [0.4, 0.5) is 0 Å². The fourth-order valence-corrected chi connectivity index (χ4v) is 3.18. The summed E-state index contributed by atoms with van der Waals surface area (Å²) in [6.45, 7) is 4.67. The Morgan fingerprint density at radius 1 is 1.12 bits per heavy atom. The minimum Gasteiger partial charge on any atom is -0.464 e. The van der Waals surface area contributed by atoms with Gasteiger partial charge in [0.1, 0.15) is 11.5 Å². The molecule has 1 aromatic carbocycles. The zero-order valence-electron chi connectivity index (χ0n) is 14.0. The number of nitrogens with one attached hydrogen (secondary N) is 1. The van der Waals surface area contributed by atoms with Crippen molar-refractivity contribution in [1.29, 1.82) is 0 Å². The third-order valence-corrected chi connectivity index (χ3v) is 4.78. The molecule has 1 aliphatic rings. The molecule has 4 heteroatoms. The Kier molecular flexibility index (Phi) is 4.22. The first-order valence-electron chi connectivity index (χ1n) is 8.63.